The smallest absolute Gasteiger partial charge is 0.229 e. The van der Waals surface area contributed by atoms with E-state index in [0.717, 1.165) is 38.4 Å². The summed E-state index contributed by atoms with van der Waals surface area (Å²) in [5.41, 5.74) is 6.19. The maximum atomic E-state index is 6.19. The van der Waals surface area contributed by atoms with Crippen molar-refractivity contribution in [2.45, 2.75) is 57.9 Å². The predicted octanol–water partition coefficient (Wildman–Crippen LogP) is 2.46. The molecule has 1 aromatic rings. The van der Waals surface area contributed by atoms with Gasteiger partial charge in [-0.25, -0.2) is 0 Å². The fraction of sp³-hybridized carbons (Fsp3) is 0.857. The van der Waals surface area contributed by atoms with Crippen LogP contribution in [0, 0.1) is 0 Å². The molecule has 1 fully saturated rings. The average Bonchev–Trinajstić information content (AvgIpc) is 2.90. The molecule has 0 radical (unpaired) electrons. The molecule has 5 heteroatoms. The second kappa shape index (κ2) is 7.01. The van der Waals surface area contributed by atoms with Gasteiger partial charge in [0, 0.05) is 12.5 Å². The molecule has 1 aliphatic heterocycles. The van der Waals surface area contributed by atoms with Crippen molar-refractivity contribution in [3.63, 3.8) is 0 Å². The van der Waals surface area contributed by atoms with E-state index in [4.69, 9.17) is 10.3 Å². The van der Waals surface area contributed by atoms with E-state index < -0.39 is 0 Å². The highest BCUT2D eigenvalue weighted by atomic mass is 16.5. The first kappa shape index (κ1) is 14.5. The maximum absolute atomic E-state index is 6.19. The van der Waals surface area contributed by atoms with Crippen LogP contribution in [0.2, 0.25) is 0 Å². The van der Waals surface area contributed by atoms with E-state index in [9.17, 15) is 0 Å². The van der Waals surface area contributed by atoms with Gasteiger partial charge in [-0.15, -0.1) is 0 Å². The maximum Gasteiger partial charge on any atom is 0.229 e. The molecule has 1 aromatic heterocycles. The summed E-state index contributed by atoms with van der Waals surface area (Å²) in [7, 11) is 0. The van der Waals surface area contributed by atoms with Crippen molar-refractivity contribution in [2.75, 3.05) is 19.6 Å². The van der Waals surface area contributed by atoms with Gasteiger partial charge in [-0.2, -0.15) is 4.98 Å². The van der Waals surface area contributed by atoms with Crippen molar-refractivity contribution in [2.24, 2.45) is 5.73 Å². The third kappa shape index (κ3) is 4.01. The molecular weight excluding hydrogens is 240 g/mol. The van der Waals surface area contributed by atoms with Gasteiger partial charge in [-0.05, 0) is 32.4 Å². The van der Waals surface area contributed by atoms with E-state index in [0.29, 0.717) is 11.7 Å². The van der Waals surface area contributed by atoms with E-state index >= 15 is 0 Å². The highest BCUT2D eigenvalue weighted by molar-refractivity contribution is 4.97. The molecule has 0 aromatic carbocycles. The summed E-state index contributed by atoms with van der Waals surface area (Å²) in [5, 5.41) is 4.05. The lowest BCUT2D eigenvalue weighted by Crippen LogP contribution is -2.36. The molecule has 2 atom stereocenters. The van der Waals surface area contributed by atoms with Gasteiger partial charge >= 0.3 is 0 Å². The first-order valence-electron chi connectivity index (χ1n) is 7.52. The molecule has 19 heavy (non-hydrogen) atoms. The Morgan fingerprint density at radius 1 is 1.32 bits per heavy atom. The van der Waals surface area contributed by atoms with Crippen molar-refractivity contribution in [1.82, 2.24) is 15.0 Å². The minimum absolute atomic E-state index is 0.135. The Kier molecular flexibility index (Phi) is 5.34. The third-order valence-electron chi connectivity index (χ3n) is 3.84. The van der Waals surface area contributed by atoms with Crippen molar-refractivity contribution >= 4 is 0 Å². The van der Waals surface area contributed by atoms with Crippen LogP contribution in [0.3, 0.4) is 0 Å². The zero-order valence-electron chi connectivity index (χ0n) is 12.1. The lowest BCUT2D eigenvalue weighted by atomic mass is 10.1. The number of nitrogens with two attached hydrogens (primary N) is 1. The second-order valence-corrected chi connectivity index (χ2v) is 5.65. The van der Waals surface area contributed by atoms with Crippen LogP contribution in [0.4, 0.5) is 0 Å². The third-order valence-corrected chi connectivity index (χ3v) is 3.84. The normalized spacial score (nSPS) is 20.4. The lowest BCUT2D eigenvalue weighted by Gasteiger charge is -2.27. The summed E-state index contributed by atoms with van der Waals surface area (Å²) in [4.78, 5) is 6.87. The first-order chi connectivity index (χ1) is 9.20. The van der Waals surface area contributed by atoms with E-state index in [2.05, 4.69) is 28.9 Å². The number of nitrogens with zero attached hydrogens (tertiary/aromatic N) is 3. The van der Waals surface area contributed by atoms with Crippen LogP contribution >= 0.6 is 0 Å². The summed E-state index contributed by atoms with van der Waals surface area (Å²) in [6.45, 7) is 7.41. The van der Waals surface area contributed by atoms with Gasteiger partial charge in [0.25, 0.3) is 0 Å². The van der Waals surface area contributed by atoms with Gasteiger partial charge in [0.05, 0.1) is 6.04 Å². The average molecular weight is 266 g/mol. The molecule has 1 aliphatic rings. The van der Waals surface area contributed by atoms with Gasteiger partial charge in [-0.1, -0.05) is 31.8 Å². The highest BCUT2D eigenvalue weighted by Gasteiger charge is 2.20. The summed E-state index contributed by atoms with van der Waals surface area (Å²) >= 11 is 0. The topological polar surface area (TPSA) is 68.2 Å². The fourth-order valence-corrected chi connectivity index (χ4v) is 2.66. The first-order valence-corrected chi connectivity index (χ1v) is 7.52. The Hall–Kier alpha value is -0.940. The number of aromatic nitrogens is 2. The second-order valence-electron chi connectivity index (χ2n) is 5.65. The molecular formula is C14H26N4O. The summed E-state index contributed by atoms with van der Waals surface area (Å²) in [6.07, 6.45) is 6.09. The molecule has 0 aliphatic carbocycles. The van der Waals surface area contributed by atoms with Gasteiger partial charge in [0.2, 0.25) is 5.89 Å². The molecule has 5 nitrogen and oxygen atoms in total. The molecule has 1 saturated heterocycles. The van der Waals surface area contributed by atoms with Crippen molar-refractivity contribution in [1.29, 1.82) is 0 Å². The van der Waals surface area contributed by atoms with Crippen molar-refractivity contribution in [3.05, 3.63) is 11.7 Å². The van der Waals surface area contributed by atoms with Crippen LogP contribution in [-0.2, 0) is 0 Å². The Morgan fingerprint density at radius 3 is 2.74 bits per heavy atom. The molecule has 0 amide bonds. The fourth-order valence-electron chi connectivity index (χ4n) is 2.66. The molecule has 2 heterocycles. The molecule has 2 N–H and O–H groups in total. The summed E-state index contributed by atoms with van der Waals surface area (Å²) in [5.74, 6) is 1.71. The van der Waals surface area contributed by atoms with Gasteiger partial charge in [0.15, 0.2) is 5.82 Å². The van der Waals surface area contributed by atoms with Gasteiger partial charge in [-0.3, -0.25) is 0 Å². The number of piperidine rings is 1. The summed E-state index contributed by atoms with van der Waals surface area (Å²) in [6, 6.07) is -0.135. The largest absolute Gasteiger partial charge is 0.339 e. The molecule has 0 spiro atoms. The van der Waals surface area contributed by atoms with Crippen LogP contribution in [-0.4, -0.2) is 34.7 Å². The van der Waals surface area contributed by atoms with Crippen LogP contribution in [0.15, 0.2) is 4.52 Å². The van der Waals surface area contributed by atoms with Gasteiger partial charge < -0.3 is 15.2 Å². The quantitative estimate of drug-likeness (QED) is 0.856. The number of likely N-dealkylation sites (tertiary alicyclic amines) is 1. The Balaban J connectivity index is 1.89. The SMILES string of the molecule is CCCC(C)c1nc(C(N)CN2CCCCC2)no1. The van der Waals surface area contributed by atoms with Crippen molar-refractivity contribution in [3.8, 4) is 0 Å². The van der Waals surface area contributed by atoms with E-state index in [1.807, 2.05) is 0 Å². The van der Waals surface area contributed by atoms with Crippen LogP contribution < -0.4 is 5.73 Å². The van der Waals surface area contributed by atoms with Crippen LogP contribution in [0.5, 0.6) is 0 Å². The minimum atomic E-state index is -0.135. The van der Waals surface area contributed by atoms with Crippen LogP contribution in [0.25, 0.3) is 0 Å². The lowest BCUT2D eigenvalue weighted by molar-refractivity contribution is 0.213. The Bertz CT molecular complexity index is 373. The number of hydrogen-bond acceptors (Lipinski definition) is 5. The summed E-state index contributed by atoms with van der Waals surface area (Å²) < 4.78 is 5.33. The monoisotopic (exact) mass is 266 g/mol. The van der Waals surface area contributed by atoms with E-state index in [1.54, 1.807) is 0 Å². The van der Waals surface area contributed by atoms with E-state index in [1.165, 1.54) is 19.3 Å². The zero-order valence-corrected chi connectivity index (χ0v) is 12.1. The Labute approximate surface area is 115 Å². The molecule has 2 rings (SSSR count). The Morgan fingerprint density at radius 2 is 2.05 bits per heavy atom. The zero-order chi connectivity index (χ0) is 13.7. The predicted molar refractivity (Wildman–Crippen MR) is 74.8 cm³/mol. The minimum Gasteiger partial charge on any atom is -0.339 e. The standard InChI is InChI=1S/C14H26N4O/c1-3-7-11(2)14-16-13(17-19-14)12(15)10-18-8-5-4-6-9-18/h11-12H,3-10,15H2,1-2H3. The van der Waals surface area contributed by atoms with E-state index in [-0.39, 0.29) is 6.04 Å². The molecule has 2 unspecified atom stereocenters. The highest BCUT2D eigenvalue weighted by Crippen LogP contribution is 2.20. The molecule has 108 valence electrons. The number of hydrogen-bond donors (Lipinski definition) is 1. The van der Waals surface area contributed by atoms with Crippen molar-refractivity contribution < 1.29 is 4.52 Å². The van der Waals surface area contributed by atoms with Gasteiger partial charge in [0.1, 0.15) is 0 Å². The number of rotatable bonds is 6. The van der Waals surface area contributed by atoms with Crippen LogP contribution in [0.1, 0.15) is 69.6 Å². The molecule has 0 bridgehead atoms. The molecule has 0 saturated carbocycles.